The van der Waals surface area contributed by atoms with Crippen LogP contribution in [0, 0.1) is 10.1 Å². The predicted octanol–water partition coefficient (Wildman–Crippen LogP) is 0.590. The molecule has 86 valence electrons. The summed E-state index contributed by atoms with van der Waals surface area (Å²) in [5.41, 5.74) is 1.14. The minimum Gasteiger partial charge on any atom is -0.369 e. The first-order valence-corrected chi connectivity index (χ1v) is 5.16. The van der Waals surface area contributed by atoms with Gasteiger partial charge >= 0.3 is 0 Å². The van der Waals surface area contributed by atoms with Crippen molar-refractivity contribution < 1.29 is 4.92 Å². The molecule has 1 aromatic carbocycles. The molecule has 6 nitrogen and oxygen atoms in total. The summed E-state index contributed by atoms with van der Waals surface area (Å²) in [4.78, 5) is 12.3. The Kier molecular flexibility index (Phi) is 3.02. The van der Waals surface area contributed by atoms with E-state index in [1.54, 1.807) is 17.1 Å². The van der Waals surface area contributed by atoms with Crippen molar-refractivity contribution in [1.29, 1.82) is 0 Å². The lowest BCUT2D eigenvalue weighted by Gasteiger charge is -2.33. The minimum absolute atomic E-state index is 0.126. The minimum atomic E-state index is -0.387. The first-order chi connectivity index (χ1) is 7.66. The van der Waals surface area contributed by atoms with Crippen LogP contribution >= 0.6 is 0 Å². The highest BCUT2D eigenvalue weighted by atomic mass is 16.6. The molecule has 1 aliphatic rings. The quantitative estimate of drug-likeness (QED) is 0.450. The lowest BCUT2D eigenvalue weighted by Crippen LogP contribution is -2.49. The van der Waals surface area contributed by atoms with Crippen LogP contribution in [0.2, 0.25) is 0 Å². The number of nitrogens with zero attached hydrogens (tertiary/aromatic N) is 3. The maximum absolute atomic E-state index is 10.5. The Hall–Kier alpha value is -1.66. The van der Waals surface area contributed by atoms with Crippen LogP contribution < -0.4 is 10.7 Å². The molecule has 0 saturated carbocycles. The topological polar surface area (TPSA) is 75.6 Å². The molecule has 2 N–H and O–H groups in total. The fraction of sp³-hybridized carbons (Fsp3) is 0.400. The van der Waals surface area contributed by atoms with Crippen LogP contribution in [0.5, 0.6) is 0 Å². The van der Waals surface area contributed by atoms with E-state index in [2.05, 4.69) is 4.90 Å². The van der Waals surface area contributed by atoms with E-state index >= 15 is 0 Å². The lowest BCUT2D eigenvalue weighted by molar-refractivity contribution is -0.384. The summed E-state index contributed by atoms with van der Waals surface area (Å²) < 4.78 is 0. The second-order valence-corrected chi connectivity index (χ2v) is 3.80. The Balaban J connectivity index is 2.07. The van der Waals surface area contributed by atoms with Crippen LogP contribution in [0.1, 0.15) is 0 Å². The molecule has 6 heteroatoms. The largest absolute Gasteiger partial charge is 0.369 e. The van der Waals surface area contributed by atoms with E-state index in [1.165, 1.54) is 12.1 Å². The molecule has 1 fully saturated rings. The van der Waals surface area contributed by atoms with E-state index in [4.69, 9.17) is 5.84 Å². The summed E-state index contributed by atoms with van der Waals surface area (Å²) in [6.07, 6.45) is 0. The molecule has 0 amide bonds. The summed E-state index contributed by atoms with van der Waals surface area (Å²) in [6.45, 7) is 3.34. The molecule has 0 aliphatic carbocycles. The van der Waals surface area contributed by atoms with Crippen LogP contribution in [-0.2, 0) is 0 Å². The Morgan fingerprint density at radius 1 is 1.12 bits per heavy atom. The molecular formula is C10H14N4O2. The van der Waals surface area contributed by atoms with Gasteiger partial charge in [0.2, 0.25) is 0 Å². The summed E-state index contributed by atoms with van der Waals surface area (Å²) in [5, 5.41) is 12.3. The molecule has 1 heterocycles. The Labute approximate surface area is 93.4 Å². The molecule has 0 unspecified atom stereocenters. The van der Waals surface area contributed by atoms with Crippen molar-refractivity contribution in [3.63, 3.8) is 0 Å². The molecule has 16 heavy (non-hydrogen) atoms. The maximum atomic E-state index is 10.5. The zero-order chi connectivity index (χ0) is 11.5. The van der Waals surface area contributed by atoms with Gasteiger partial charge in [0.1, 0.15) is 0 Å². The van der Waals surface area contributed by atoms with E-state index in [-0.39, 0.29) is 10.6 Å². The third-order valence-electron chi connectivity index (χ3n) is 2.74. The number of hydrogen-bond donors (Lipinski definition) is 1. The van der Waals surface area contributed by atoms with E-state index < -0.39 is 0 Å². The molecule has 1 saturated heterocycles. The fourth-order valence-corrected chi connectivity index (χ4v) is 1.77. The van der Waals surface area contributed by atoms with Crippen LogP contribution in [-0.4, -0.2) is 36.1 Å². The number of non-ortho nitro benzene ring substituents is 1. The summed E-state index contributed by atoms with van der Waals surface area (Å²) >= 11 is 0. The fourth-order valence-electron chi connectivity index (χ4n) is 1.77. The van der Waals surface area contributed by atoms with E-state index in [1.807, 2.05) is 0 Å². The number of rotatable bonds is 2. The molecule has 0 radical (unpaired) electrons. The zero-order valence-corrected chi connectivity index (χ0v) is 8.87. The number of hydrogen-bond acceptors (Lipinski definition) is 5. The molecule has 1 aliphatic heterocycles. The van der Waals surface area contributed by atoms with Crippen molar-refractivity contribution in [3.8, 4) is 0 Å². The van der Waals surface area contributed by atoms with Crippen molar-refractivity contribution in [1.82, 2.24) is 5.01 Å². The molecule has 2 rings (SSSR count). The average Bonchev–Trinajstić information content (AvgIpc) is 2.30. The average molecular weight is 222 g/mol. The van der Waals surface area contributed by atoms with E-state index in [0.717, 1.165) is 31.9 Å². The monoisotopic (exact) mass is 222 g/mol. The highest BCUT2D eigenvalue weighted by molar-refractivity contribution is 5.51. The van der Waals surface area contributed by atoms with Gasteiger partial charge in [-0.15, -0.1) is 0 Å². The first-order valence-electron chi connectivity index (χ1n) is 5.16. The number of hydrazine groups is 1. The van der Waals surface area contributed by atoms with Crippen LogP contribution in [0.4, 0.5) is 11.4 Å². The van der Waals surface area contributed by atoms with Gasteiger partial charge in [-0.1, -0.05) is 0 Å². The zero-order valence-electron chi connectivity index (χ0n) is 8.87. The Morgan fingerprint density at radius 2 is 1.69 bits per heavy atom. The van der Waals surface area contributed by atoms with E-state index in [9.17, 15) is 10.1 Å². The summed E-state index contributed by atoms with van der Waals surface area (Å²) in [5.74, 6) is 5.66. The normalized spacial score (nSPS) is 17.4. The number of anilines is 1. The SMILES string of the molecule is NN1CCN(c2ccc([N+](=O)[O-])cc2)CC1. The third kappa shape index (κ3) is 2.29. The molecule has 0 spiro atoms. The lowest BCUT2D eigenvalue weighted by atomic mass is 10.2. The van der Waals surface area contributed by atoms with Gasteiger partial charge in [-0.05, 0) is 12.1 Å². The van der Waals surface area contributed by atoms with E-state index in [0.29, 0.717) is 0 Å². The second kappa shape index (κ2) is 4.46. The number of benzene rings is 1. The van der Waals surface area contributed by atoms with Crippen molar-refractivity contribution in [2.24, 2.45) is 5.84 Å². The van der Waals surface area contributed by atoms with Gasteiger partial charge in [0, 0.05) is 44.0 Å². The van der Waals surface area contributed by atoms with Crippen molar-refractivity contribution in [2.75, 3.05) is 31.1 Å². The second-order valence-electron chi connectivity index (χ2n) is 3.80. The first kappa shape index (κ1) is 10.8. The Bertz CT molecular complexity index is 371. The van der Waals surface area contributed by atoms with Gasteiger partial charge in [-0.3, -0.25) is 16.0 Å². The van der Waals surface area contributed by atoms with Crippen molar-refractivity contribution >= 4 is 11.4 Å². The highest BCUT2D eigenvalue weighted by Crippen LogP contribution is 2.19. The number of piperazine rings is 1. The highest BCUT2D eigenvalue weighted by Gasteiger charge is 2.15. The van der Waals surface area contributed by atoms with Gasteiger partial charge in [-0.2, -0.15) is 0 Å². The van der Waals surface area contributed by atoms with Gasteiger partial charge in [-0.25, -0.2) is 5.01 Å². The smallest absolute Gasteiger partial charge is 0.269 e. The van der Waals surface area contributed by atoms with Gasteiger partial charge in [0.25, 0.3) is 5.69 Å². The number of nitro groups is 1. The number of nitro benzene ring substituents is 1. The Morgan fingerprint density at radius 3 is 2.19 bits per heavy atom. The van der Waals surface area contributed by atoms with Crippen LogP contribution in [0.3, 0.4) is 0 Å². The van der Waals surface area contributed by atoms with Gasteiger partial charge < -0.3 is 4.90 Å². The molecule has 0 bridgehead atoms. The van der Waals surface area contributed by atoms with Crippen LogP contribution in [0.25, 0.3) is 0 Å². The predicted molar refractivity (Wildman–Crippen MR) is 61.1 cm³/mol. The van der Waals surface area contributed by atoms with Gasteiger partial charge in [0.05, 0.1) is 4.92 Å². The van der Waals surface area contributed by atoms with Gasteiger partial charge in [0.15, 0.2) is 0 Å². The van der Waals surface area contributed by atoms with Crippen LogP contribution in [0.15, 0.2) is 24.3 Å². The van der Waals surface area contributed by atoms with Crippen molar-refractivity contribution in [2.45, 2.75) is 0 Å². The molecule has 1 aromatic rings. The molecule has 0 aromatic heterocycles. The molecular weight excluding hydrogens is 208 g/mol. The standard InChI is InChI=1S/C10H14N4O2/c11-13-7-5-12(6-8-13)9-1-3-10(4-2-9)14(15)16/h1-4H,5-8,11H2. The van der Waals surface area contributed by atoms with Crippen molar-refractivity contribution in [3.05, 3.63) is 34.4 Å². The summed E-state index contributed by atoms with van der Waals surface area (Å²) in [7, 11) is 0. The summed E-state index contributed by atoms with van der Waals surface area (Å²) in [6, 6.07) is 6.63. The maximum Gasteiger partial charge on any atom is 0.269 e. The number of nitrogens with two attached hydrogens (primary N) is 1. The third-order valence-corrected chi connectivity index (χ3v) is 2.74. The molecule has 0 atom stereocenters.